The van der Waals surface area contributed by atoms with Crippen LogP contribution in [0.25, 0.3) is 6.08 Å². The highest BCUT2D eigenvalue weighted by molar-refractivity contribution is 8.18. The Morgan fingerprint density at radius 2 is 1.87 bits per heavy atom. The number of amides is 2. The van der Waals surface area contributed by atoms with E-state index >= 15 is 0 Å². The molecule has 2 aromatic carbocycles. The van der Waals surface area contributed by atoms with Crippen LogP contribution in [0.4, 0.5) is 4.79 Å². The maximum Gasteiger partial charge on any atom is 0.326 e. The van der Waals surface area contributed by atoms with Crippen LogP contribution in [-0.2, 0) is 20.9 Å². The Bertz CT molecular complexity index is 1020. The Morgan fingerprint density at radius 3 is 2.55 bits per heavy atom. The molecule has 0 N–H and O–H groups in total. The number of methoxy groups -OCH3 is 1. The van der Waals surface area contributed by atoms with Crippen LogP contribution in [0, 0.1) is 0 Å². The monoisotopic (exact) mass is 461 g/mol. The third-order valence-corrected chi connectivity index (χ3v) is 5.42. The van der Waals surface area contributed by atoms with Gasteiger partial charge in [0.15, 0.2) is 11.5 Å². The van der Waals surface area contributed by atoms with Crippen LogP contribution >= 0.6 is 23.4 Å². The number of carbonyl (C=O) groups is 3. The number of rotatable bonds is 8. The number of nitrogens with zero attached hydrogens (tertiary/aromatic N) is 1. The van der Waals surface area contributed by atoms with Gasteiger partial charge in [-0.1, -0.05) is 29.8 Å². The number of halogens is 1. The van der Waals surface area contributed by atoms with Crippen molar-refractivity contribution in [3.63, 3.8) is 0 Å². The highest BCUT2D eigenvalue weighted by Crippen LogP contribution is 2.34. The lowest BCUT2D eigenvalue weighted by molar-refractivity contribution is -0.145. The van der Waals surface area contributed by atoms with E-state index in [2.05, 4.69) is 0 Å². The molecule has 1 heterocycles. The van der Waals surface area contributed by atoms with E-state index in [1.54, 1.807) is 43.3 Å². The number of thioether (sulfide) groups is 1. The molecule has 2 amide bonds. The second-order valence-electron chi connectivity index (χ2n) is 6.40. The number of ether oxygens (including phenoxy) is 3. The summed E-state index contributed by atoms with van der Waals surface area (Å²) in [5, 5.41) is 0.122. The van der Waals surface area contributed by atoms with Crippen LogP contribution in [0.5, 0.6) is 11.5 Å². The third-order valence-electron chi connectivity index (χ3n) is 4.26. The van der Waals surface area contributed by atoms with Gasteiger partial charge in [0, 0.05) is 5.02 Å². The summed E-state index contributed by atoms with van der Waals surface area (Å²) >= 11 is 6.67. The first kappa shape index (κ1) is 22.7. The standard InChI is InChI=1S/C22H20ClNO6S/c1-3-29-20(25)12-24-21(26)19(31-22(24)27)11-15-6-9-17(28-2)18(10-15)30-13-14-4-7-16(23)8-5-14/h4-11H,3,12-13H2,1-2H3/b19-11-. The lowest BCUT2D eigenvalue weighted by Crippen LogP contribution is -2.34. The fraction of sp³-hybridized carbons (Fsp3) is 0.227. The summed E-state index contributed by atoms with van der Waals surface area (Å²) in [5.41, 5.74) is 1.57. The average molecular weight is 462 g/mol. The number of imide groups is 1. The minimum atomic E-state index is -0.631. The summed E-state index contributed by atoms with van der Waals surface area (Å²) in [4.78, 5) is 37.4. The molecule has 1 saturated heterocycles. The van der Waals surface area contributed by atoms with E-state index in [1.807, 2.05) is 12.1 Å². The van der Waals surface area contributed by atoms with Crippen molar-refractivity contribution in [2.75, 3.05) is 20.3 Å². The van der Waals surface area contributed by atoms with Crippen molar-refractivity contribution in [2.45, 2.75) is 13.5 Å². The Morgan fingerprint density at radius 1 is 1.13 bits per heavy atom. The van der Waals surface area contributed by atoms with E-state index in [9.17, 15) is 14.4 Å². The molecule has 0 atom stereocenters. The highest BCUT2D eigenvalue weighted by Gasteiger charge is 2.36. The number of benzene rings is 2. The Kier molecular flexibility index (Phi) is 7.59. The maximum absolute atomic E-state index is 12.5. The molecule has 1 aliphatic heterocycles. The molecule has 3 rings (SSSR count). The van der Waals surface area contributed by atoms with Crippen molar-refractivity contribution >= 4 is 46.6 Å². The summed E-state index contributed by atoms with van der Waals surface area (Å²) in [6.07, 6.45) is 1.57. The van der Waals surface area contributed by atoms with Crippen molar-refractivity contribution in [3.8, 4) is 11.5 Å². The summed E-state index contributed by atoms with van der Waals surface area (Å²) in [5.74, 6) is -0.158. The fourth-order valence-corrected chi connectivity index (χ4v) is 3.73. The molecule has 0 aliphatic carbocycles. The number of hydrogen-bond acceptors (Lipinski definition) is 7. The Balaban J connectivity index is 1.76. The average Bonchev–Trinajstić information content (AvgIpc) is 3.01. The van der Waals surface area contributed by atoms with E-state index in [-0.39, 0.29) is 11.5 Å². The Labute approximate surface area is 188 Å². The van der Waals surface area contributed by atoms with Gasteiger partial charge in [-0.25, -0.2) is 0 Å². The molecule has 9 heteroatoms. The van der Waals surface area contributed by atoms with Crippen molar-refractivity contribution in [1.29, 1.82) is 0 Å². The molecule has 0 spiro atoms. The van der Waals surface area contributed by atoms with E-state index in [0.717, 1.165) is 22.2 Å². The minimum Gasteiger partial charge on any atom is -0.493 e. The minimum absolute atomic E-state index is 0.176. The van der Waals surface area contributed by atoms with Crippen LogP contribution < -0.4 is 9.47 Å². The van der Waals surface area contributed by atoms with Gasteiger partial charge < -0.3 is 14.2 Å². The predicted molar refractivity (Wildman–Crippen MR) is 118 cm³/mol. The van der Waals surface area contributed by atoms with E-state index in [1.165, 1.54) is 7.11 Å². The van der Waals surface area contributed by atoms with E-state index < -0.39 is 23.7 Å². The van der Waals surface area contributed by atoms with Gasteiger partial charge in [0.2, 0.25) is 0 Å². The molecule has 1 aliphatic rings. The summed E-state index contributed by atoms with van der Waals surface area (Å²) < 4.78 is 16.0. The molecular formula is C22H20ClNO6S. The first-order chi connectivity index (χ1) is 14.9. The topological polar surface area (TPSA) is 82.1 Å². The smallest absolute Gasteiger partial charge is 0.326 e. The SMILES string of the molecule is CCOC(=O)CN1C(=O)S/C(=C\c2ccc(OC)c(OCc3ccc(Cl)cc3)c2)C1=O. The zero-order valence-electron chi connectivity index (χ0n) is 16.9. The molecule has 162 valence electrons. The number of hydrogen-bond donors (Lipinski definition) is 0. The molecule has 1 fully saturated rings. The molecule has 0 aromatic heterocycles. The van der Waals surface area contributed by atoms with Crippen LogP contribution in [0.15, 0.2) is 47.4 Å². The zero-order valence-corrected chi connectivity index (χ0v) is 18.5. The molecule has 0 bridgehead atoms. The zero-order chi connectivity index (χ0) is 22.4. The maximum atomic E-state index is 12.5. The van der Waals surface area contributed by atoms with Crippen molar-refractivity contribution < 1.29 is 28.6 Å². The molecule has 0 radical (unpaired) electrons. The lowest BCUT2D eigenvalue weighted by atomic mass is 10.1. The van der Waals surface area contributed by atoms with Gasteiger partial charge in [0.25, 0.3) is 11.1 Å². The summed E-state index contributed by atoms with van der Waals surface area (Å²) in [6, 6.07) is 12.4. The fourth-order valence-electron chi connectivity index (χ4n) is 2.76. The second kappa shape index (κ2) is 10.4. The van der Waals surface area contributed by atoms with Crippen LogP contribution in [0.1, 0.15) is 18.1 Å². The molecule has 31 heavy (non-hydrogen) atoms. The number of esters is 1. The lowest BCUT2D eigenvalue weighted by Gasteiger charge is -2.12. The third kappa shape index (κ3) is 5.80. The van der Waals surface area contributed by atoms with Gasteiger partial charge in [-0.2, -0.15) is 0 Å². The first-order valence-electron chi connectivity index (χ1n) is 9.37. The first-order valence-corrected chi connectivity index (χ1v) is 10.6. The van der Waals surface area contributed by atoms with Crippen molar-refractivity contribution in [2.24, 2.45) is 0 Å². The van der Waals surface area contributed by atoms with Gasteiger partial charge >= 0.3 is 5.97 Å². The quantitative estimate of drug-likeness (QED) is 0.422. The molecule has 0 unspecified atom stereocenters. The Hall–Kier alpha value is -2.97. The van der Waals surface area contributed by atoms with Gasteiger partial charge in [0.1, 0.15) is 13.2 Å². The summed E-state index contributed by atoms with van der Waals surface area (Å²) in [6.45, 7) is 1.72. The number of carbonyl (C=O) groups excluding carboxylic acids is 3. The normalized spacial score (nSPS) is 14.8. The van der Waals surface area contributed by atoms with Gasteiger partial charge in [-0.3, -0.25) is 19.3 Å². The summed E-state index contributed by atoms with van der Waals surface area (Å²) in [7, 11) is 1.53. The van der Waals surface area contributed by atoms with Gasteiger partial charge in [-0.15, -0.1) is 0 Å². The van der Waals surface area contributed by atoms with Crippen molar-refractivity contribution in [1.82, 2.24) is 4.90 Å². The van der Waals surface area contributed by atoms with Crippen LogP contribution in [0.3, 0.4) is 0 Å². The largest absolute Gasteiger partial charge is 0.493 e. The molecule has 7 nitrogen and oxygen atoms in total. The molecular weight excluding hydrogens is 442 g/mol. The molecule has 0 saturated carbocycles. The van der Waals surface area contributed by atoms with Crippen molar-refractivity contribution in [3.05, 3.63) is 63.5 Å². The van der Waals surface area contributed by atoms with Gasteiger partial charge in [0.05, 0.1) is 18.6 Å². The van der Waals surface area contributed by atoms with E-state index in [0.29, 0.717) is 28.7 Å². The highest BCUT2D eigenvalue weighted by atomic mass is 35.5. The van der Waals surface area contributed by atoms with E-state index in [4.69, 9.17) is 25.8 Å². The molecule has 2 aromatic rings. The predicted octanol–water partition coefficient (Wildman–Crippen LogP) is 4.53. The van der Waals surface area contributed by atoms with Crippen LogP contribution in [0.2, 0.25) is 5.02 Å². The van der Waals surface area contributed by atoms with Crippen LogP contribution in [-0.4, -0.2) is 42.3 Å². The second-order valence-corrected chi connectivity index (χ2v) is 7.83. The van der Waals surface area contributed by atoms with Gasteiger partial charge in [-0.05, 0) is 60.2 Å².